The Morgan fingerprint density at radius 3 is 2.32 bits per heavy atom. The van der Waals surface area contributed by atoms with E-state index in [2.05, 4.69) is 4.72 Å². The Bertz CT molecular complexity index is 1250. The number of nitrogens with zero attached hydrogens (tertiary/aromatic N) is 1. The number of hydrogen-bond donors (Lipinski definition) is 1. The third-order valence-corrected chi connectivity index (χ3v) is 7.31. The number of methoxy groups -OCH3 is 2. The van der Waals surface area contributed by atoms with Crippen LogP contribution < -0.4 is 14.2 Å². The first-order valence-corrected chi connectivity index (χ1v) is 12.6. The van der Waals surface area contributed by atoms with Gasteiger partial charge in [0.15, 0.2) is 11.5 Å². The fraction of sp³-hybridized carbons (Fsp3) is 0.346. The zero-order chi connectivity index (χ0) is 24.9. The first-order valence-electron chi connectivity index (χ1n) is 11.1. The van der Waals surface area contributed by atoms with E-state index in [1.165, 1.54) is 0 Å². The summed E-state index contributed by atoms with van der Waals surface area (Å²) >= 11 is 0. The molecule has 0 radical (unpaired) electrons. The van der Waals surface area contributed by atoms with Crippen molar-refractivity contribution in [2.75, 3.05) is 27.8 Å². The maximum atomic E-state index is 13.3. The van der Waals surface area contributed by atoms with Crippen LogP contribution in [-0.2, 0) is 21.2 Å². The van der Waals surface area contributed by atoms with E-state index < -0.39 is 16.1 Å². The van der Waals surface area contributed by atoms with E-state index in [1.54, 1.807) is 50.4 Å². The van der Waals surface area contributed by atoms with E-state index in [1.807, 2.05) is 50.2 Å². The Morgan fingerprint density at radius 1 is 0.971 bits per heavy atom. The van der Waals surface area contributed by atoms with Crippen LogP contribution >= 0.6 is 0 Å². The van der Waals surface area contributed by atoms with Gasteiger partial charge in [0, 0.05) is 19.0 Å². The number of carbonyl (C=O) groups excluding carboxylic acids is 1. The van der Waals surface area contributed by atoms with Crippen LogP contribution in [0.15, 0.2) is 65.6 Å². The number of hydrogen-bond acceptors (Lipinski definition) is 5. The fourth-order valence-electron chi connectivity index (χ4n) is 3.81. The minimum absolute atomic E-state index is 0.164. The van der Waals surface area contributed by atoms with Gasteiger partial charge in [-0.15, -0.1) is 0 Å². The molecule has 3 aromatic carbocycles. The first kappa shape index (κ1) is 25.5. The van der Waals surface area contributed by atoms with Gasteiger partial charge in [0.05, 0.1) is 19.1 Å². The maximum Gasteiger partial charge on any atom is 0.241 e. The van der Waals surface area contributed by atoms with Crippen molar-refractivity contribution in [3.05, 3.63) is 66.2 Å². The van der Waals surface area contributed by atoms with E-state index in [0.29, 0.717) is 29.9 Å². The summed E-state index contributed by atoms with van der Waals surface area (Å²) in [6.07, 6.45) is 0.587. The molecule has 8 heteroatoms. The standard InChI is InChI=1S/C26H32N2O5S/c1-18(2)25(27-34(30,31)24-12-8-10-20-9-6-7-11-21(20)24)26(29)28(3)16-15-19-13-14-22(32-4)23(17-19)33-5/h6-14,17-18,25,27H,15-16H2,1-5H3. The largest absolute Gasteiger partial charge is 0.493 e. The van der Waals surface area contributed by atoms with Gasteiger partial charge in [-0.05, 0) is 41.5 Å². The summed E-state index contributed by atoms with van der Waals surface area (Å²) in [6, 6.07) is 17.2. The average Bonchev–Trinajstić information content (AvgIpc) is 2.84. The summed E-state index contributed by atoms with van der Waals surface area (Å²) in [5.74, 6) is 0.746. The zero-order valence-corrected chi connectivity index (χ0v) is 21.1. The van der Waals surface area contributed by atoms with Crippen LogP contribution in [0.25, 0.3) is 10.8 Å². The van der Waals surface area contributed by atoms with E-state index in [-0.39, 0.29) is 16.7 Å². The molecule has 1 unspecified atom stereocenters. The molecule has 1 atom stereocenters. The van der Waals surface area contributed by atoms with E-state index in [9.17, 15) is 13.2 Å². The van der Waals surface area contributed by atoms with Crippen molar-refractivity contribution in [3.63, 3.8) is 0 Å². The minimum Gasteiger partial charge on any atom is -0.493 e. The zero-order valence-electron chi connectivity index (χ0n) is 20.2. The summed E-state index contributed by atoms with van der Waals surface area (Å²) in [7, 11) is 0.918. The molecule has 0 spiro atoms. The van der Waals surface area contributed by atoms with E-state index in [0.717, 1.165) is 10.9 Å². The lowest BCUT2D eigenvalue weighted by atomic mass is 10.0. The summed E-state index contributed by atoms with van der Waals surface area (Å²) in [5, 5.41) is 1.44. The van der Waals surface area contributed by atoms with Gasteiger partial charge in [-0.25, -0.2) is 8.42 Å². The lowest BCUT2D eigenvalue weighted by molar-refractivity contribution is -0.132. The van der Waals surface area contributed by atoms with Crippen LogP contribution in [0.1, 0.15) is 19.4 Å². The van der Waals surface area contributed by atoms with E-state index in [4.69, 9.17) is 9.47 Å². The van der Waals surface area contributed by atoms with Gasteiger partial charge >= 0.3 is 0 Å². The summed E-state index contributed by atoms with van der Waals surface area (Å²) < 4.78 is 39.9. The molecule has 0 bridgehead atoms. The van der Waals surface area contributed by atoms with Gasteiger partial charge < -0.3 is 14.4 Å². The highest BCUT2D eigenvalue weighted by atomic mass is 32.2. The highest BCUT2D eigenvalue weighted by Gasteiger charge is 2.31. The van der Waals surface area contributed by atoms with Gasteiger partial charge in [-0.1, -0.05) is 56.3 Å². The second-order valence-corrected chi connectivity index (χ2v) is 10.2. The van der Waals surface area contributed by atoms with Crippen molar-refractivity contribution < 1.29 is 22.7 Å². The molecule has 1 N–H and O–H groups in total. The highest BCUT2D eigenvalue weighted by Crippen LogP contribution is 2.28. The van der Waals surface area contributed by atoms with Crippen LogP contribution in [-0.4, -0.2) is 53.1 Å². The Morgan fingerprint density at radius 2 is 1.65 bits per heavy atom. The third-order valence-electron chi connectivity index (χ3n) is 5.81. The molecule has 0 heterocycles. The number of amides is 1. The molecule has 3 aromatic rings. The SMILES string of the molecule is COc1ccc(CCN(C)C(=O)C(NS(=O)(=O)c2cccc3ccccc23)C(C)C)cc1OC. The summed E-state index contributed by atoms with van der Waals surface area (Å²) in [6.45, 7) is 4.08. The molecule has 0 aromatic heterocycles. The quantitative estimate of drug-likeness (QED) is 0.472. The number of ether oxygens (including phenoxy) is 2. The van der Waals surface area contributed by atoms with Crippen molar-refractivity contribution in [3.8, 4) is 11.5 Å². The predicted octanol–water partition coefficient (Wildman–Crippen LogP) is 3.86. The topological polar surface area (TPSA) is 84.9 Å². The van der Waals surface area contributed by atoms with Gasteiger partial charge in [-0.2, -0.15) is 4.72 Å². The number of fused-ring (bicyclic) bond motifs is 1. The lowest BCUT2D eigenvalue weighted by Gasteiger charge is -2.27. The van der Waals surface area contributed by atoms with Crippen molar-refractivity contribution in [2.45, 2.75) is 31.2 Å². The predicted molar refractivity (Wildman–Crippen MR) is 134 cm³/mol. The van der Waals surface area contributed by atoms with Crippen molar-refractivity contribution >= 4 is 26.7 Å². The van der Waals surface area contributed by atoms with Gasteiger partial charge in [0.25, 0.3) is 0 Å². The number of carbonyl (C=O) groups is 1. The molecular weight excluding hydrogens is 452 g/mol. The van der Waals surface area contributed by atoms with Crippen LogP contribution in [0.2, 0.25) is 0 Å². The monoisotopic (exact) mass is 484 g/mol. The molecule has 7 nitrogen and oxygen atoms in total. The molecule has 0 saturated carbocycles. The molecule has 3 rings (SSSR count). The van der Waals surface area contributed by atoms with E-state index >= 15 is 0 Å². The fourth-order valence-corrected chi connectivity index (χ4v) is 5.38. The summed E-state index contributed by atoms with van der Waals surface area (Å²) in [5.41, 5.74) is 0.981. The third kappa shape index (κ3) is 5.69. The van der Waals surface area contributed by atoms with Crippen molar-refractivity contribution in [1.82, 2.24) is 9.62 Å². The van der Waals surface area contributed by atoms with Crippen molar-refractivity contribution in [2.24, 2.45) is 5.92 Å². The second-order valence-electron chi connectivity index (χ2n) is 8.52. The molecule has 0 aliphatic rings. The average molecular weight is 485 g/mol. The molecule has 182 valence electrons. The van der Waals surface area contributed by atoms with Crippen LogP contribution in [0.4, 0.5) is 0 Å². The molecule has 0 aliphatic carbocycles. The van der Waals surface area contributed by atoms with Gasteiger partial charge in [-0.3, -0.25) is 4.79 Å². The van der Waals surface area contributed by atoms with Crippen LogP contribution in [0.3, 0.4) is 0 Å². The Hall–Kier alpha value is -3.10. The second kappa shape index (κ2) is 10.9. The van der Waals surface area contributed by atoms with Crippen LogP contribution in [0.5, 0.6) is 11.5 Å². The van der Waals surface area contributed by atoms with Gasteiger partial charge in [0.1, 0.15) is 6.04 Å². The number of benzene rings is 3. The number of likely N-dealkylation sites (N-methyl/N-ethyl adjacent to an activating group) is 1. The Labute approximate surface area is 201 Å². The molecule has 34 heavy (non-hydrogen) atoms. The molecule has 0 aliphatic heterocycles. The molecule has 1 amide bonds. The maximum absolute atomic E-state index is 13.3. The molecular formula is C26H32N2O5S. The molecule has 0 fully saturated rings. The minimum atomic E-state index is -3.92. The smallest absolute Gasteiger partial charge is 0.241 e. The van der Waals surface area contributed by atoms with Gasteiger partial charge in [0.2, 0.25) is 15.9 Å². The molecule has 0 saturated heterocycles. The highest BCUT2D eigenvalue weighted by molar-refractivity contribution is 7.89. The number of nitrogens with one attached hydrogen (secondary N) is 1. The number of rotatable bonds is 10. The normalized spacial score (nSPS) is 12.5. The van der Waals surface area contributed by atoms with Crippen LogP contribution in [0, 0.1) is 5.92 Å². The first-order chi connectivity index (χ1) is 16.2. The van der Waals surface area contributed by atoms with Crippen molar-refractivity contribution in [1.29, 1.82) is 0 Å². The summed E-state index contributed by atoms with van der Waals surface area (Å²) in [4.78, 5) is 15.0. The lowest BCUT2D eigenvalue weighted by Crippen LogP contribution is -2.50. The Balaban J connectivity index is 1.76. The Kier molecular flexibility index (Phi) is 8.17. The number of sulfonamides is 1.